The van der Waals surface area contributed by atoms with Gasteiger partial charge in [-0.25, -0.2) is 4.39 Å². The number of aryl methyl sites for hydroxylation is 1. The molecule has 1 aromatic heterocycles. The second kappa shape index (κ2) is 9.31. The Balaban J connectivity index is 1.65. The van der Waals surface area contributed by atoms with Crippen LogP contribution in [0.4, 0.5) is 17.6 Å². The summed E-state index contributed by atoms with van der Waals surface area (Å²) < 4.78 is 55.8. The molecule has 0 saturated heterocycles. The topological polar surface area (TPSA) is 62.5 Å². The van der Waals surface area contributed by atoms with Crippen molar-refractivity contribution >= 4 is 17.3 Å². The molecule has 4 rings (SSSR count). The van der Waals surface area contributed by atoms with E-state index in [4.69, 9.17) is 4.99 Å². The first-order valence-corrected chi connectivity index (χ1v) is 11.4. The zero-order valence-electron chi connectivity index (χ0n) is 19.9. The number of rotatable bonds is 6. The molecule has 0 fully saturated rings. The van der Waals surface area contributed by atoms with Gasteiger partial charge in [-0.05, 0) is 31.4 Å². The number of nitrogens with one attached hydrogen (secondary N) is 1. The molecule has 2 aromatic rings. The molecule has 0 aliphatic carbocycles. The Bertz CT molecular complexity index is 1220. The minimum Gasteiger partial charge on any atom is -0.345 e. The molecule has 186 valence electrons. The first-order valence-electron chi connectivity index (χ1n) is 11.4. The Morgan fingerprint density at radius 1 is 1.26 bits per heavy atom. The summed E-state index contributed by atoms with van der Waals surface area (Å²) >= 11 is 0. The van der Waals surface area contributed by atoms with Gasteiger partial charge in [-0.1, -0.05) is 26.0 Å². The number of allylic oxidation sites excluding steroid dienone is 2. The molecule has 0 saturated carbocycles. The molecular formula is C25H27F4N5O. The maximum absolute atomic E-state index is 14.6. The van der Waals surface area contributed by atoms with Crippen LogP contribution in [0.25, 0.3) is 5.57 Å². The van der Waals surface area contributed by atoms with Crippen LogP contribution in [-0.4, -0.2) is 39.0 Å². The highest BCUT2D eigenvalue weighted by molar-refractivity contribution is 6.24. The van der Waals surface area contributed by atoms with E-state index in [1.807, 2.05) is 17.3 Å². The van der Waals surface area contributed by atoms with Gasteiger partial charge < -0.3 is 10.2 Å². The van der Waals surface area contributed by atoms with Crippen LogP contribution in [0, 0.1) is 11.7 Å². The van der Waals surface area contributed by atoms with Gasteiger partial charge in [0.25, 0.3) is 5.91 Å². The Hall–Kier alpha value is -3.43. The first kappa shape index (κ1) is 24.7. The smallest absolute Gasteiger partial charge is 0.345 e. The molecule has 0 spiro atoms. The van der Waals surface area contributed by atoms with Crippen molar-refractivity contribution in [3.8, 4) is 0 Å². The number of fused-ring (bicyclic) bond motifs is 1. The van der Waals surface area contributed by atoms with Crippen molar-refractivity contribution in [2.45, 2.75) is 45.5 Å². The van der Waals surface area contributed by atoms with Gasteiger partial charge >= 0.3 is 6.18 Å². The minimum atomic E-state index is -4.83. The van der Waals surface area contributed by atoms with Gasteiger partial charge in [0.15, 0.2) is 0 Å². The van der Waals surface area contributed by atoms with Crippen molar-refractivity contribution in [1.29, 1.82) is 0 Å². The summed E-state index contributed by atoms with van der Waals surface area (Å²) in [5.74, 6) is -1.02. The molecule has 35 heavy (non-hydrogen) atoms. The van der Waals surface area contributed by atoms with Gasteiger partial charge in [-0.2, -0.15) is 18.3 Å². The molecule has 10 heteroatoms. The van der Waals surface area contributed by atoms with E-state index in [1.165, 1.54) is 13.0 Å². The van der Waals surface area contributed by atoms with Crippen LogP contribution in [-0.2, 0) is 18.0 Å². The molecule has 6 nitrogen and oxygen atoms in total. The number of alkyl halides is 3. The average molecular weight is 490 g/mol. The fourth-order valence-electron chi connectivity index (χ4n) is 4.39. The van der Waals surface area contributed by atoms with E-state index < -0.39 is 29.5 Å². The van der Waals surface area contributed by atoms with E-state index in [1.54, 1.807) is 24.0 Å². The summed E-state index contributed by atoms with van der Waals surface area (Å²) in [6.07, 6.45) is 3.13. The lowest BCUT2D eigenvalue weighted by molar-refractivity contribution is -0.140. The summed E-state index contributed by atoms with van der Waals surface area (Å²) in [5, 5.41) is 6.85. The van der Waals surface area contributed by atoms with Crippen LogP contribution in [0.3, 0.4) is 0 Å². The molecular weight excluding hydrogens is 462 g/mol. The third-order valence-electron chi connectivity index (χ3n) is 5.99. The summed E-state index contributed by atoms with van der Waals surface area (Å²) in [4.78, 5) is 20.0. The number of carbonyl (C=O) groups excluding carboxylic acids is 1. The normalized spacial score (nSPS) is 18.7. The number of hydrogen-bond donors (Lipinski definition) is 1. The van der Waals surface area contributed by atoms with Crippen LogP contribution < -0.4 is 5.32 Å². The quantitative estimate of drug-likeness (QED) is 0.590. The maximum atomic E-state index is 14.6. The van der Waals surface area contributed by atoms with Crippen molar-refractivity contribution in [2.75, 3.05) is 6.54 Å². The number of amides is 1. The van der Waals surface area contributed by atoms with Crippen molar-refractivity contribution < 1.29 is 22.4 Å². The average Bonchev–Trinajstić information content (AvgIpc) is 3.37. The van der Waals surface area contributed by atoms with Gasteiger partial charge in [0.05, 0.1) is 29.4 Å². The Morgan fingerprint density at radius 3 is 2.63 bits per heavy atom. The van der Waals surface area contributed by atoms with E-state index in [-0.39, 0.29) is 17.2 Å². The SMILES string of the molecule is CC(C)C[C@@H]1CN2C=C(c3cnn(C)c3)C=C(C(=O)N[C@H](C)c3cccc(C(F)(F)F)c3F)C2=N1. The van der Waals surface area contributed by atoms with Crippen LogP contribution in [0.2, 0.25) is 0 Å². The first-order chi connectivity index (χ1) is 16.4. The number of nitrogens with zero attached hydrogens (tertiary/aromatic N) is 4. The van der Waals surface area contributed by atoms with Gasteiger partial charge in [-0.15, -0.1) is 0 Å². The van der Waals surface area contributed by atoms with Crippen molar-refractivity contribution in [3.05, 3.63) is 70.9 Å². The van der Waals surface area contributed by atoms with E-state index in [0.29, 0.717) is 24.4 Å². The predicted molar refractivity (Wildman–Crippen MR) is 125 cm³/mol. The van der Waals surface area contributed by atoms with Gasteiger partial charge in [0.1, 0.15) is 11.7 Å². The summed E-state index contributed by atoms with van der Waals surface area (Å²) in [6.45, 7) is 6.26. The molecule has 2 aliphatic heterocycles. The summed E-state index contributed by atoms with van der Waals surface area (Å²) in [7, 11) is 1.79. The second-order valence-corrected chi connectivity index (χ2v) is 9.34. The van der Waals surface area contributed by atoms with Crippen LogP contribution in [0.15, 0.2) is 53.4 Å². The molecule has 0 bridgehead atoms. The van der Waals surface area contributed by atoms with Crippen LogP contribution in [0.1, 0.15) is 49.9 Å². The second-order valence-electron chi connectivity index (χ2n) is 9.34. The van der Waals surface area contributed by atoms with Crippen LogP contribution >= 0.6 is 0 Å². The fourth-order valence-corrected chi connectivity index (χ4v) is 4.39. The summed E-state index contributed by atoms with van der Waals surface area (Å²) in [5.41, 5.74) is 0.233. The highest BCUT2D eigenvalue weighted by Gasteiger charge is 2.36. The van der Waals surface area contributed by atoms with Gasteiger partial charge in [0.2, 0.25) is 0 Å². The van der Waals surface area contributed by atoms with E-state index >= 15 is 0 Å². The predicted octanol–water partition coefficient (Wildman–Crippen LogP) is 4.87. The van der Waals surface area contributed by atoms with Crippen molar-refractivity contribution in [2.24, 2.45) is 18.0 Å². The fraction of sp³-hybridized carbons (Fsp3) is 0.400. The molecule has 2 aliphatic rings. The number of aromatic nitrogens is 2. The number of halogens is 4. The number of hydrogen-bond acceptors (Lipinski definition) is 4. The molecule has 1 N–H and O–H groups in total. The largest absolute Gasteiger partial charge is 0.419 e. The van der Waals surface area contributed by atoms with Gasteiger partial charge in [-0.3, -0.25) is 14.5 Å². The van der Waals surface area contributed by atoms with Crippen molar-refractivity contribution in [1.82, 2.24) is 20.0 Å². The molecule has 3 heterocycles. The summed E-state index contributed by atoms with van der Waals surface area (Å²) in [6, 6.07) is 2.06. The lowest BCUT2D eigenvalue weighted by atomic mass is 10.00. The number of carbonyl (C=O) groups is 1. The molecule has 2 atom stereocenters. The standard InChI is InChI=1S/C25H27F4N5O/c1-14(2)8-18-13-34-12-16(17-10-30-33(4)11-17)9-20(23(34)32-18)24(35)31-15(3)19-6-5-7-21(22(19)26)25(27,28)29/h5-7,9-12,14-15,18H,8,13H2,1-4H3,(H,31,35)/t15-,18-/m1/s1. The zero-order chi connectivity index (χ0) is 25.5. The lowest BCUT2D eigenvalue weighted by Crippen LogP contribution is -2.37. The molecule has 0 unspecified atom stereocenters. The highest BCUT2D eigenvalue weighted by Crippen LogP contribution is 2.34. The number of benzene rings is 1. The highest BCUT2D eigenvalue weighted by atomic mass is 19.4. The number of amidine groups is 1. The van der Waals surface area contributed by atoms with Crippen LogP contribution in [0.5, 0.6) is 0 Å². The minimum absolute atomic E-state index is 0.00373. The van der Waals surface area contributed by atoms with E-state index in [9.17, 15) is 22.4 Å². The van der Waals surface area contributed by atoms with E-state index in [2.05, 4.69) is 24.3 Å². The number of aliphatic imine (C=N–C) groups is 1. The Kier molecular flexibility index (Phi) is 6.57. The van der Waals surface area contributed by atoms with Gasteiger partial charge in [0, 0.05) is 42.7 Å². The Labute approximate surface area is 201 Å². The molecule has 1 amide bonds. The molecule has 0 radical (unpaired) electrons. The third kappa shape index (κ3) is 5.16. The lowest BCUT2D eigenvalue weighted by Gasteiger charge is -2.25. The Morgan fingerprint density at radius 2 is 2.00 bits per heavy atom. The van der Waals surface area contributed by atoms with Crippen molar-refractivity contribution in [3.63, 3.8) is 0 Å². The monoisotopic (exact) mass is 489 g/mol. The zero-order valence-corrected chi connectivity index (χ0v) is 19.9. The van der Waals surface area contributed by atoms with E-state index in [0.717, 1.165) is 23.6 Å². The third-order valence-corrected chi connectivity index (χ3v) is 5.99. The maximum Gasteiger partial charge on any atom is 0.419 e. The molecule has 1 aromatic carbocycles.